The molecule has 8 nitrogen and oxygen atoms in total. The summed E-state index contributed by atoms with van der Waals surface area (Å²) in [5.41, 5.74) is 1.33. The number of hydrogen-bond acceptors (Lipinski definition) is 6. The van der Waals surface area contributed by atoms with Crippen LogP contribution in [0, 0.1) is 0 Å². The SMILES string of the molecule is CON(C)S(=O)(=O)c1ccc(C(=O)OCC(=O)NCCCc2ccccc2)cc1. The van der Waals surface area contributed by atoms with E-state index in [9.17, 15) is 18.0 Å². The van der Waals surface area contributed by atoms with Gasteiger partial charge in [-0.1, -0.05) is 34.8 Å². The molecule has 0 bridgehead atoms. The lowest BCUT2D eigenvalue weighted by molar-refractivity contribution is -0.124. The number of carbonyl (C=O) groups excluding carboxylic acids is 2. The molecule has 29 heavy (non-hydrogen) atoms. The van der Waals surface area contributed by atoms with Crippen LogP contribution in [0.4, 0.5) is 0 Å². The lowest BCUT2D eigenvalue weighted by atomic mass is 10.1. The van der Waals surface area contributed by atoms with Crippen molar-refractivity contribution in [1.29, 1.82) is 0 Å². The van der Waals surface area contributed by atoms with Crippen LogP contribution in [0.3, 0.4) is 0 Å². The summed E-state index contributed by atoms with van der Waals surface area (Å²) in [6.07, 6.45) is 1.62. The van der Waals surface area contributed by atoms with Gasteiger partial charge in [-0.2, -0.15) is 0 Å². The Kier molecular flexibility index (Phi) is 8.32. The van der Waals surface area contributed by atoms with Gasteiger partial charge in [-0.25, -0.2) is 13.2 Å². The number of nitrogens with zero attached hydrogens (tertiary/aromatic N) is 1. The number of benzene rings is 2. The fourth-order valence-electron chi connectivity index (χ4n) is 2.44. The van der Waals surface area contributed by atoms with Gasteiger partial charge in [-0.05, 0) is 42.7 Å². The minimum Gasteiger partial charge on any atom is -0.452 e. The molecule has 0 saturated carbocycles. The maximum absolute atomic E-state index is 12.1. The van der Waals surface area contributed by atoms with Gasteiger partial charge in [0.05, 0.1) is 17.6 Å². The molecule has 1 amide bonds. The molecule has 0 aliphatic rings. The van der Waals surface area contributed by atoms with E-state index in [-0.39, 0.29) is 10.5 Å². The Hall–Kier alpha value is -2.75. The Labute approximate surface area is 170 Å². The van der Waals surface area contributed by atoms with Crippen molar-refractivity contribution in [2.24, 2.45) is 0 Å². The number of esters is 1. The molecular weight excluding hydrogens is 396 g/mol. The van der Waals surface area contributed by atoms with Crippen LogP contribution < -0.4 is 5.32 Å². The molecule has 0 spiro atoms. The van der Waals surface area contributed by atoms with Crippen LogP contribution in [-0.4, -0.2) is 52.1 Å². The fraction of sp³-hybridized carbons (Fsp3) is 0.300. The molecule has 2 aromatic rings. The zero-order valence-corrected chi connectivity index (χ0v) is 17.1. The molecule has 0 atom stereocenters. The zero-order chi connectivity index (χ0) is 21.3. The maximum Gasteiger partial charge on any atom is 0.338 e. The van der Waals surface area contributed by atoms with E-state index in [1.807, 2.05) is 30.3 Å². The Balaban J connectivity index is 1.76. The van der Waals surface area contributed by atoms with Gasteiger partial charge >= 0.3 is 5.97 Å². The highest BCUT2D eigenvalue weighted by Gasteiger charge is 2.21. The van der Waals surface area contributed by atoms with Crippen LogP contribution in [0.15, 0.2) is 59.5 Å². The summed E-state index contributed by atoms with van der Waals surface area (Å²) >= 11 is 0. The normalized spacial score (nSPS) is 11.3. The molecule has 0 unspecified atom stereocenters. The first-order valence-electron chi connectivity index (χ1n) is 8.95. The summed E-state index contributed by atoms with van der Waals surface area (Å²) in [5, 5.41) is 2.69. The van der Waals surface area contributed by atoms with Gasteiger partial charge in [0.25, 0.3) is 15.9 Å². The molecule has 0 radical (unpaired) electrons. The van der Waals surface area contributed by atoms with Crippen molar-refractivity contribution < 1.29 is 27.6 Å². The average molecular weight is 420 g/mol. The molecule has 1 N–H and O–H groups in total. The van der Waals surface area contributed by atoms with Crippen LogP contribution in [0.2, 0.25) is 0 Å². The van der Waals surface area contributed by atoms with E-state index in [1.54, 1.807) is 0 Å². The van der Waals surface area contributed by atoms with Crippen molar-refractivity contribution in [3.8, 4) is 0 Å². The average Bonchev–Trinajstić information content (AvgIpc) is 2.75. The second-order valence-electron chi connectivity index (χ2n) is 6.14. The van der Waals surface area contributed by atoms with Gasteiger partial charge in [0, 0.05) is 13.6 Å². The largest absolute Gasteiger partial charge is 0.452 e. The Morgan fingerprint density at radius 1 is 1.03 bits per heavy atom. The number of hydrogen-bond donors (Lipinski definition) is 1. The van der Waals surface area contributed by atoms with Gasteiger partial charge in [0.2, 0.25) is 0 Å². The Morgan fingerprint density at radius 2 is 1.69 bits per heavy atom. The summed E-state index contributed by atoms with van der Waals surface area (Å²) in [6, 6.07) is 15.1. The van der Waals surface area contributed by atoms with E-state index in [1.165, 1.54) is 44.0 Å². The van der Waals surface area contributed by atoms with Gasteiger partial charge in [0.15, 0.2) is 6.61 Å². The third-order valence-electron chi connectivity index (χ3n) is 4.13. The highest BCUT2D eigenvalue weighted by molar-refractivity contribution is 7.89. The van der Waals surface area contributed by atoms with E-state index in [4.69, 9.17) is 4.74 Å². The first-order chi connectivity index (χ1) is 13.8. The lowest BCUT2D eigenvalue weighted by Gasteiger charge is -2.14. The molecule has 156 valence electrons. The summed E-state index contributed by atoms with van der Waals surface area (Å²) in [7, 11) is -1.30. The molecule has 0 aromatic heterocycles. The number of aryl methyl sites for hydroxylation is 1. The molecule has 0 heterocycles. The van der Waals surface area contributed by atoms with Crippen molar-refractivity contribution in [2.75, 3.05) is 27.3 Å². The molecule has 0 aliphatic heterocycles. The summed E-state index contributed by atoms with van der Waals surface area (Å²) < 4.78 is 29.9. The number of nitrogens with one attached hydrogen (secondary N) is 1. The molecule has 0 aliphatic carbocycles. The monoisotopic (exact) mass is 420 g/mol. The number of sulfonamides is 1. The van der Waals surface area contributed by atoms with Crippen molar-refractivity contribution >= 4 is 21.9 Å². The molecule has 9 heteroatoms. The topological polar surface area (TPSA) is 102 Å². The second kappa shape index (κ2) is 10.7. The van der Waals surface area contributed by atoms with E-state index in [0.29, 0.717) is 11.0 Å². The number of hydroxylamine groups is 1. The van der Waals surface area contributed by atoms with Gasteiger partial charge in [-0.3, -0.25) is 9.63 Å². The van der Waals surface area contributed by atoms with Crippen molar-refractivity contribution in [2.45, 2.75) is 17.7 Å². The predicted octanol–water partition coefficient (Wildman–Crippen LogP) is 1.77. The van der Waals surface area contributed by atoms with Crippen molar-refractivity contribution in [3.05, 3.63) is 65.7 Å². The predicted molar refractivity (Wildman–Crippen MR) is 106 cm³/mol. The van der Waals surface area contributed by atoms with Crippen molar-refractivity contribution in [1.82, 2.24) is 9.79 Å². The van der Waals surface area contributed by atoms with E-state index < -0.39 is 28.5 Å². The number of ether oxygens (including phenoxy) is 1. The van der Waals surface area contributed by atoms with Crippen LogP contribution in [0.5, 0.6) is 0 Å². The highest BCUT2D eigenvalue weighted by Crippen LogP contribution is 2.15. The van der Waals surface area contributed by atoms with E-state index >= 15 is 0 Å². The first kappa shape index (κ1) is 22.5. The van der Waals surface area contributed by atoms with Crippen LogP contribution in [-0.2, 0) is 30.8 Å². The molecule has 0 fully saturated rings. The maximum atomic E-state index is 12.1. The smallest absolute Gasteiger partial charge is 0.338 e. The molecule has 2 rings (SSSR count). The molecule has 2 aromatic carbocycles. The standard InChI is InChI=1S/C20H24N2O6S/c1-22(27-2)29(25,26)18-12-10-17(11-13-18)20(24)28-15-19(23)21-14-6-9-16-7-4-3-5-8-16/h3-5,7-8,10-13H,6,9,14-15H2,1-2H3,(H,21,23). The quantitative estimate of drug-likeness (QED) is 0.357. The Bertz CT molecular complexity index is 914. The Morgan fingerprint density at radius 3 is 2.31 bits per heavy atom. The first-order valence-corrected chi connectivity index (χ1v) is 10.4. The minimum absolute atomic E-state index is 0.0328. The molecule has 0 saturated heterocycles. The summed E-state index contributed by atoms with van der Waals surface area (Å²) in [5.74, 6) is -1.11. The van der Waals surface area contributed by atoms with Gasteiger partial charge in [-0.15, -0.1) is 0 Å². The van der Waals surface area contributed by atoms with Gasteiger partial charge in [0.1, 0.15) is 0 Å². The third kappa shape index (κ3) is 6.67. The number of rotatable bonds is 10. The minimum atomic E-state index is -3.80. The third-order valence-corrected chi connectivity index (χ3v) is 5.82. The summed E-state index contributed by atoms with van der Waals surface area (Å²) in [6.45, 7) is 0.0709. The molecular formula is C20H24N2O6S. The van der Waals surface area contributed by atoms with Crippen LogP contribution in [0.25, 0.3) is 0 Å². The second-order valence-corrected chi connectivity index (χ2v) is 8.07. The van der Waals surface area contributed by atoms with E-state index in [0.717, 1.165) is 12.8 Å². The zero-order valence-electron chi connectivity index (χ0n) is 16.3. The van der Waals surface area contributed by atoms with Crippen LogP contribution in [0.1, 0.15) is 22.3 Å². The highest BCUT2D eigenvalue weighted by atomic mass is 32.2. The van der Waals surface area contributed by atoms with E-state index in [2.05, 4.69) is 10.2 Å². The van der Waals surface area contributed by atoms with Gasteiger partial charge < -0.3 is 10.1 Å². The lowest BCUT2D eigenvalue weighted by Crippen LogP contribution is -2.29. The van der Waals surface area contributed by atoms with Crippen LogP contribution >= 0.6 is 0 Å². The van der Waals surface area contributed by atoms with Crippen molar-refractivity contribution in [3.63, 3.8) is 0 Å². The fourth-order valence-corrected chi connectivity index (χ4v) is 3.41. The summed E-state index contributed by atoms with van der Waals surface area (Å²) in [4.78, 5) is 28.5. The number of amides is 1. The number of carbonyl (C=O) groups is 2.